The fourth-order valence-electron chi connectivity index (χ4n) is 1.98. The first kappa shape index (κ1) is 14.4. The summed E-state index contributed by atoms with van der Waals surface area (Å²) < 4.78 is 5.87. The van der Waals surface area contributed by atoms with Gasteiger partial charge < -0.3 is 4.74 Å². The van der Waals surface area contributed by atoms with Gasteiger partial charge in [0.05, 0.1) is 11.6 Å². The van der Waals surface area contributed by atoms with Gasteiger partial charge in [0.25, 0.3) is 0 Å². The first-order valence-electron chi connectivity index (χ1n) is 6.52. The first-order valence-corrected chi connectivity index (χ1v) is 6.90. The van der Waals surface area contributed by atoms with Crippen LogP contribution in [0, 0.1) is 11.3 Å². The van der Waals surface area contributed by atoms with Crippen molar-refractivity contribution < 1.29 is 4.74 Å². The molecule has 0 aliphatic heterocycles. The SMILES string of the molecule is CC(C)c1ccccc1OCc1ccc(C#N)cc1Cl. The number of hydrogen-bond donors (Lipinski definition) is 0. The maximum atomic E-state index is 8.82. The fourth-order valence-corrected chi connectivity index (χ4v) is 2.21. The van der Waals surface area contributed by atoms with Crippen LogP contribution in [0.2, 0.25) is 5.02 Å². The molecule has 2 aromatic rings. The standard InChI is InChI=1S/C17H16ClNO/c1-12(2)15-5-3-4-6-17(15)20-11-14-8-7-13(10-19)9-16(14)18/h3-9,12H,11H2,1-2H3. The van der Waals surface area contributed by atoms with Crippen LogP contribution in [0.5, 0.6) is 5.75 Å². The average molecular weight is 286 g/mol. The van der Waals surface area contributed by atoms with Crippen LogP contribution in [0.4, 0.5) is 0 Å². The minimum atomic E-state index is 0.397. The average Bonchev–Trinajstić information content (AvgIpc) is 2.46. The topological polar surface area (TPSA) is 33.0 Å². The number of nitrogens with zero attached hydrogens (tertiary/aromatic N) is 1. The monoisotopic (exact) mass is 285 g/mol. The lowest BCUT2D eigenvalue weighted by molar-refractivity contribution is 0.302. The molecule has 0 N–H and O–H groups in total. The molecule has 0 spiro atoms. The predicted molar refractivity (Wildman–Crippen MR) is 81.0 cm³/mol. The van der Waals surface area contributed by atoms with Gasteiger partial charge in [-0.25, -0.2) is 0 Å². The lowest BCUT2D eigenvalue weighted by Gasteiger charge is -2.14. The highest BCUT2D eigenvalue weighted by Crippen LogP contribution is 2.27. The molecule has 0 unspecified atom stereocenters. The van der Waals surface area contributed by atoms with E-state index in [-0.39, 0.29) is 0 Å². The molecule has 2 aromatic carbocycles. The molecule has 0 bridgehead atoms. The molecule has 102 valence electrons. The van der Waals surface area contributed by atoms with Gasteiger partial charge in [-0.05, 0) is 29.7 Å². The summed E-state index contributed by atoms with van der Waals surface area (Å²) in [6.45, 7) is 4.67. The highest BCUT2D eigenvalue weighted by atomic mass is 35.5. The lowest BCUT2D eigenvalue weighted by atomic mass is 10.0. The summed E-state index contributed by atoms with van der Waals surface area (Å²) in [5.41, 5.74) is 2.61. The highest BCUT2D eigenvalue weighted by molar-refractivity contribution is 6.31. The highest BCUT2D eigenvalue weighted by Gasteiger charge is 2.08. The molecule has 2 rings (SSSR count). The molecule has 0 saturated carbocycles. The molecule has 0 fully saturated rings. The maximum absolute atomic E-state index is 8.82. The molecule has 20 heavy (non-hydrogen) atoms. The molecule has 3 heteroatoms. The van der Waals surface area contributed by atoms with Crippen LogP contribution < -0.4 is 4.74 Å². The van der Waals surface area contributed by atoms with Crippen LogP contribution in [0.15, 0.2) is 42.5 Å². The maximum Gasteiger partial charge on any atom is 0.123 e. The number of nitriles is 1. The third kappa shape index (κ3) is 3.31. The van der Waals surface area contributed by atoms with Crippen molar-refractivity contribution in [3.05, 3.63) is 64.2 Å². The van der Waals surface area contributed by atoms with Crippen molar-refractivity contribution >= 4 is 11.6 Å². The Morgan fingerprint density at radius 2 is 1.95 bits per heavy atom. The van der Waals surface area contributed by atoms with Crippen molar-refractivity contribution in [2.75, 3.05) is 0 Å². The van der Waals surface area contributed by atoms with Crippen molar-refractivity contribution in [3.8, 4) is 11.8 Å². The molecule has 0 saturated heterocycles. The van der Waals surface area contributed by atoms with Gasteiger partial charge in [0.2, 0.25) is 0 Å². The number of ether oxygens (including phenoxy) is 1. The summed E-state index contributed by atoms with van der Waals surface area (Å²) in [4.78, 5) is 0. The summed E-state index contributed by atoms with van der Waals surface area (Å²) >= 11 is 6.15. The first-order chi connectivity index (χ1) is 9.61. The van der Waals surface area contributed by atoms with Crippen molar-refractivity contribution in [1.29, 1.82) is 5.26 Å². The Balaban J connectivity index is 2.15. The van der Waals surface area contributed by atoms with E-state index >= 15 is 0 Å². The van der Waals surface area contributed by atoms with Crippen molar-refractivity contribution in [3.63, 3.8) is 0 Å². The normalized spacial score (nSPS) is 10.3. The third-order valence-electron chi connectivity index (χ3n) is 3.11. The van der Waals surface area contributed by atoms with Gasteiger partial charge in [-0.15, -0.1) is 0 Å². The third-order valence-corrected chi connectivity index (χ3v) is 3.46. The summed E-state index contributed by atoms with van der Waals surface area (Å²) in [7, 11) is 0. The smallest absolute Gasteiger partial charge is 0.123 e. The Morgan fingerprint density at radius 3 is 2.60 bits per heavy atom. The van der Waals surface area contributed by atoms with E-state index in [0.29, 0.717) is 23.1 Å². The second-order valence-corrected chi connectivity index (χ2v) is 5.31. The number of benzene rings is 2. The summed E-state index contributed by atoms with van der Waals surface area (Å²) in [5.74, 6) is 1.28. The van der Waals surface area contributed by atoms with Gasteiger partial charge in [-0.2, -0.15) is 5.26 Å². The zero-order chi connectivity index (χ0) is 14.5. The predicted octanol–water partition coefficient (Wildman–Crippen LogP) is 4.91. The summed E-state index contributed by atoms with van der Waals surface area (Å²) in [6, 6.07) is 15.3. The van der Waals surface area contributed by atoms with Crippen LogP contribution >= 0.6 is 11.6 Å². The van der Waals surface area contributed by atoms with Crippen LogP contribution in [0.3, 0.4) is 0 Å². The van der Waals surface area contributed by atoms with Crippen LogP contribution in [-0.4, -0.2) is 0 Å². The van der Waals surface area contributed by atoms with Crippen LogP contribution in [0.25, 0.3) is 0 Å². The number of rotatable bonds is 4. The molecular weight excluding hydrogens is 270 g/mol. The second kappa shape index (κ2) is 6.45. The summed E-state index contributed by atoms with van der Waals surface area (Å²) in [5, 5.41) is 9.38. The van der Waals surface area contributed by atoms with E-state index < -0.39 is 0 Å². The Labute approximate surface area is 124 Å². The van der Waals surface area contributed by atoms with Crippen LogP contribution in [0.1, 0.15) is 36.5 Å². The van der Waals surface area contributed by atoms with Gasteiger partial charge in [0, 0.05) is 10.6 Å². The van der Waals surface area contributed by atoms with E-state index in [1.807, 2.05) is 24.3 Å². The zero-order valence-electron chi connectivity index (χ0n) is 11.6. The number of halogens is 1. The van der Waals surface area contributed by atoms with Crippen molar-refractivity contribution in [1.82, 2.24) is 0 Å². The molecular formula is C17H16ClNO. The summed E-state index contributed by atoms with van der Waals surface area (Å²) in [6.07, 6.45) is 0. The number of para-hydroxylation sites is 1. The van der Waals surface area contributed by atoms with E-state index in [0.717, 1.165) is 11.3 Å². The van der Waals surface area contributed by atoms with Gasteiger partial charge in [-0.1, -0.05) is 49.7 Å². The minimum Gasteiger partial charge on any atom is -0.489 e. The Morgan fingerprint density at radius 1 is 1.20 bits per heavy atom. The molecule has 0 aliphatic rings. The molecule has 0 amide bonds. The van der Waals surface area contributed by atoms with E-state index in [2.05, 4.69) is 26.0 Å². The van der Waals surface area contributed by atoms with Crippen LogP contribution in [-0.2, 0) is 6.61 Å². The molecule has 0 heterocycles. The second-order valence-electron chi connectivity index (χ2n) is 4.90. The van der Waals surface area contributed by atoms with Gasteiger partial charge in [0.1, 0.15) is 12.4 Å². The lowest BCUT2D eigenvalue weighted by Crippen LogP contribution is -2.00. The van der Waals surface area contributed by atoms with Gasteiger partial charge >= 0.3 is 0 Å². The Bertz CT molecular complexity index is 644. The molecule has 0 aliphatic carbocycles. The molecule has 2 nitrogen and oxygen atoms in total. The Kier molecular flexibility index (Phi) is 4.65. The molecule has 0 radical (unpaired) electrons. The van der Waals surface area contributed by atoms with Gasteiger partial charge in [-0.3, -0.25) is 0 Å². The van der Waals surface area contributed by atoms with E-state index in [1.165, 1.54) is 5.56 Å². The van der Waals surface area contributed by atoms with Crippen molar-refractivity contribution in [2.45, 2.75) is 26.4 Å². The van der Waals surface area contributed by atoms with E-state index in [9.17, 15) is 0 Å². The zero-order valence-corrected chi connectivity index (χ0v) is 12.3. The minimum absolute atomic E-state index is 0.397. The van der Waals surface area contributed by atoms with E-state index in [1.54, 1.807) is 12.1 Å². The fraction of sp³-hybridized carbons (Fsp3) is 0.235. The van der Waals surface area contributed by atoms with E-state index in [4.69, 9.17) is 21.6 Å². The quantitative estimate of drug-likeness (QED) is 0.799. The molecule has 0 atom stereocenters. The van der Waals surface area contributed by atoms with Crippen molar-refractivity contribution in [2.24, 2.45) is 0 Å². The number of hydrogen-bond acceptors (Lipinski definition) is 2. The largest absolute Gasteiger partial charge is 0.489 e. The Hall–Kier alpha value is -1.98. The van der Waals surface area contributed by atoms with Gasteiger partial charge in [0.15, 0.2) is 0 Å². The molecule has 0 aromatic heterocycles.